The molecule has 0 aliphatic rings. The zero-order valence-electron chi connectivity index (χ0n) is 22.0. The SMILES string of the molecule is Oc1cccc2c(-c3ccccc3)cc(-c3cccc4c3nc(-c3cccc5cc[nH]c35)n4-c3ccccc3)nc12. The lowest BCUT2D eigenvalue weighted by Gasteiger charge is -2.12. The molecule has 0 atom stereocenters. The zero-order chi connectivity index (χ0) is 27.3. The van der Waals surface area contributed by atoms with Gasteiger partial charge in [0.25, 0.3) is 0 Å². The molecule has 41 heavy (non-hydrogen) atoms. The molecular weight excluding hydrogens is 504 g/mol. The molecule has 8 aromatic rings. The number of hydrogen-bond acceptors (Lipinski definition) is 3. The second-order valence-electron chi connectivity index (χ2n) is 10.1. The molecule has 2 N–H and O–H groups in total. The summed E-state index contributed by atoms with van der Waals surface area (Å²) in [5.74, 6) is 1.00. The maximum absolute atomic E-state index is 10.9. The van der Waals surface area contributed by atoms with Crippen LogP contribution in [0.1, 0.15) is 0 Å². The standard InChI is InChI=1S/C36H24N4O/c41-32-19-9-15-26-29(23-10-3-1-4-11-23)22-30(38-35(26)32)27-16-8-18-31-34(27)39-36(40(31)25-13-5-2-6-14-25)28-17-7-12-24-20-21-37-33(24)28/h1-22,37,41H. The van der Waals surface area contributed by atoms with E-state index < -0.39 is 0 Å². The number of nitrogens with zero attached hydrogens (tertiary/aromatic N) is 3. The number of fused-ring (bicyclic) bond motifs is 3. The Balaban J connectivity index is 1.45. The van der Waals surface area contributed by atoms with Crippen molar-refractivity contribution < 1.29 is 5.11 Å². The van der Waals surface area contributed by atoms with E-state index in [1.54, 1.807) is 6.07 Å². The van der Waals surface area contributed by atoms with Crippen molar-refractivity contribution >= 4 is 32.8 Å². The van der Waals surface area contributed by atoms with Gasteiger partial charge in [0.2, 0.25) is 0 Å². The summed E-state index contributed by atoms with van der Waals surface area (Å²) < 4.78 is 2.21. The fourth-order valence-corrected chi connectivity index (χ4v) is 5.82. The molecule has 0 spiro atoms. The number of benzene rings is 5. The summed E-state index contributed by atoms with van der Waals surface area (Å²) in [5.41, 5.74) is 9.22. The lowest BCUT2D eigenvalue weighted by atomic mass is 9.97. The molecular formula is C36H24N4O. The molecule has 0 unspecified atom stereocenters. The third kappa shape index (κ3) is 3.71. The lowest BCUT2D eigenvalue weighted by molar-refractivity contribution is 0.480. The number of aromatic hydroxyl groups is 1. The molecule has 0 bridgehead atoms. The largest absolute Gasteiger partial charge is 0.506 e. The molecule has 3 aromatic heterocycles. The molecule has 8 rings (SSSR count). The molecule has 194 valence electrons. The molecule has 0 fully saturated rings. The van der Waals surface area contributed by atoms with Gasteiger partial charge in [-0.05, 0) is 53.6 Å². The van der Waals surface area contributed by atoms with Gasteiger partial charge in [0.15, 0.2) is 0 Å². The van der Waals surface area contributed by atoms with E-state index in [0.717, 1.165) is 66.8 Å². The fourth-order valence-electron chi connectivity index (χ4n) is 5.82. The summed E-state index contributed by atoms with van der Waals surface area (Å²) in [7, 11) is 0. The van der Waals surface area contributed by atoms with Crippen molar-refractivity contribution in [2.75, 3.05) is 0 Å². The van der Waals surface area contributed by atoms with Crippen LogP contribution in [0.4, 0.5) is 0 Å². The van der Waals surface area contributed by atoms with Crippen molar-refractivity contribution in [3.63, 3.8) is 0 Å². The first-order valence-electron chi connectivity index (χ1n) is 13.6. The molecule has 0 saturated heterocycles. The average Bonchev–Trinajstić information content (AvgIpc) is 3.67. The third-order valence-corrected chi connectivity index (χ3v) is 7.71. The van der Waals surface area contributed by atoms with Crippen molar-refractivity contribution in [2.24, 2.45) is 0 Å². The minimum absolute atomic E-state index is 0.155. The van der Waals surface area contributed by atoms with Crippen LogP contribution in [0.15, 0.2) is 134 Å². The predicted octanol–water partition coefficient (Wildman–Crippen LogP) is 8.76. The van der Waals surface area contributed by atoms with Crippen molar-refractivity contribution in [1.29, 1.82) is 0 Å². The Labute approximate surface area is 236 Å². The number of aromatic amines is 1. The second-order valence-corrected chi connectivity index (χ2v) is 10.1. The average molecular weight is 529 g/mol. The number of hydrogen-bond donors (Lipinski definition) is 2. The molecule has 0 aliphatic heterocycles. The van der Waals surface area contributed by atoms with Crippen LogP contribution in [0.2, 0.25) is 0 Å². The maximum Gasteiger partial charge on any atom is 0.147 e. The van der Waals surface area contributed by atoms with Crippen LogP contribution in [0.3, 0.4) is 0 Å². The van der Waals surface area contributed by atoms with Gasteiger partial charge < -0.3 is 10.1 Å². The number of H-pyrrole nitrogens is 1. The van der Waals surface area contributed by atoms with Crippen LogP contribution >= 0.6 is 0 Å². The molecule has 3 heterocycles. The Hall–Kier alpha value is -5.68. The molecule has 5 nitrogen and oxygen atoms in total. The summed E-state index contributed by atoms with van der Waals surface area (Å²) in [4.78, 5) is 13.7. The van der Waals surface area contributed by atoms with Crippen LogP contribution in [0.5, 0.6) is 5.75 Å². The van der Waals surface area contributed by atoms with E-state index in [1.807, 2.05) is 54.7 Å². The van der Waals surface area contributed by atoms with Gasteiger partial charge >= 0.3 is 0 Å². The summed E-state index contributed by atoms with van der Waals surface area (Å²) in [6.07, 6.45) is 1.96. The number of rotatable bonds is 4. The van der Waals surface area contributed by atoms with E-state index in [4.69, 9.17) is 9.97 Å². The number of nitrogens with one attached hydrogen (secondary N) is 1. The van der Waals surface area contributed by atoms with Crippen molar-refractivity contribution in [3.05, 3.63) is 134 Å². The number of para-hydroxylation sites is 4. The van der Waals surface area contributed by atoms with Gasteiger partial charge in [0.05, 0.1) is 22.2 Å². The van der Waals surface area contributed by atoms with Crippen molar-refractivity contribution in [2.45, 2.75) is 0 Å². The van der Waals surface area contributed by atoms with Gasteiger partial charge in [0.1, 0.15) is 17.1 Å². The number of imidazole rings is 1. The molecule has 5 heteroatoms. The quantitative estimate of drug-likeness (QED) is 0.240. The topological polar surface area (TPSA) is 66.7 Å². The Morgan fingerprint density at radius 2 is 1.37 bits per heavy atom. The first kappa shape index (κ1) is 23.2. The molecule has 5 aromatic carbocycles. The van der Waals surface area contributed by atoms with Crippen LogP contribution in [0.25, 0.3) is 72.3 Å². The minimum Gasteiger partial charge on any atom is -0.506 e. The third-order valence-electron chi connectivity index (χ3n) is 7.71. The summed E-state index contributed by atoms with van der Waals surface area (Å²) >= 11 is 0. The number of pyridine rings is 1. The number of aromatic nitrogens is 4. The molecule has 0 aliphatic carbocycles. The predicted molar refractivity (Wildman–Crippen MR) is 166 cm³/mol. The Morgan fingerprint density at radius 3 is 2.22 bits per heavy atom. The highest BCUT2D eigenvalue weighted by molar-refractivity contribution is 6.03. The Kier molecular flexibility index (Phi) is 5.22. The van der Waals surface area contributed by atoms with E-state index in [1.165, 1.54) is 0 Å². The fraction of sp³-hybridized carbons (Fsp3) is 0. The van der Waals surface area contributed by atoms with Gasteiger partial charge in [-0.25, -0.2) is 9.97 Å². The van der Waals surface area contributed by atoms with Gasteiger partial charge in [0, 0.05) is 33.8 Å². The van der Waals surface area contributed by atoms with E-state index in [9.17, 15) is 5.11 Å². The highest BCUT2D eigenvalue weighted by atomic mass is 16.3. The smallest absolute Gasteiger partial charge is 0.147 e. The van der Waals surface area contributed by atoms with E-state index in [-0.39, 0.29) is 5.75 Å². The molecule has 0 radical (unpaired) electrons. The number of phenolic OH excluding ortho intramolecular Hbond substituents is 1. The van der Waals surface area contributed by atoms with Crippen LogP contribution < -0.4 is 0 Å². The Morgan fingerprint density at radius 1 is 0.610 bits per heavy atom. The number of phenols is 1. The lowest BCUT2D eigenvalue weighted by Crippen LogP contribution is -1.97. The molecule has 0 amide bonds. The van der Waals surface area contributed by atoms with Crippen molar-refractivity contribution in [1.82, 2.24) is 19.5 Å². The van der Waals surface area contributed by atoms with Gasteiger partial charge in [-0.3, -0.25) is 4.57 Å². The van der Waals surface area contributed by atoms with Crippen LogP contribution in [-0.2, 0) is 0 Å². The van der Waals surface area contributed by atoms with Crippen LogP contribution in [0, 0.1) is 0 Å². The normalized spacial score (nSPS) is 11.5. The minimum atomic E-state index is 0.155. The first-order valence-corrected chi connectivity index (χ1v) is 13.6. The van der Waals surface area contributed by atoms with E-state index in [2.05, 4.69) is 82.3 Å². The van der Waals surface area contributed by atoms with Gasteiger partial charge in [-0.15, -0.1) is 0 Å². The van der Waals surface area contributed by atoms with Gasteiger partial charge in [-0.2, -0.15) is 0 Å². The van der Waals surface area contributed by atoms with Crippen LogP contribution in [-0.4, -0.2) is 24.6 Å². The zero-order valence-corrected chi connectivity index (χ0v) is 22.0. The highest BCUT2D eigenvalue weighted by Crippen LogP contribution is 2.39. The Bertz CT molecular complexity index is 2210. The van der Waals surface area contributed by atoms with Gasteiger partial charge in [-0.1, -0.05) is 84.9 Å². The van der Waals surface area contributed by atoms with Crippen molar-refractivity contribution in [3.8, 4) is 45.2 Å². The maximum atomic E-state index is 10.9. The summed E-state index contributed by atoms with van der Waals surface area (Å²) in [5, 5.41) is 12.9. The second kappa shape index (κ2) is 9.21. The summed E-state index contributed by atoms with van der Waals surface area (Å²) in [6, 6.07) is 42.8. The molecule has 0 saturated carbocycles. The van der Waals surface area contributed by atoms with E-state index in [0.29, 0.717) is 5.52 Å². The monoisotopic (exact) mass is 528 g/mol. The first-order chi connectivity index (χ1) is 20.3. The highest BCUT2D eigenvalue weighted by Gasteiger charge is 2.21. The summed E-state index contributed by atoms with van der Waals surface area (Å²) in [6.45, 7) is 0. The van der Waals surface area contributed by atoms with E-state index >= 15 is 0 Å².